The second kappa shape index (κ2) is 5.15. The molecule has 1 aliphatic rings. The Morgan fingerprint density at radius 1 is 1.17 bits per heavy atom. The van der Waals surface area contributed by atoms with Gasteiger partial charge in [-0.25, -0.2) is 0 Å². The van der Waals surface area contributed by atoms with Crippen LogP contribution in [0.15, 0.2) is 30.0 Å². The third kappa shape index (κ3) is 2.85. The summed E-state index contributed by atoms with van der Waals surface area (Å²) < 4.78 is 77.4. The number of carbonyl (C=O) groups excluding carboxylic acids is 1. The predicted octanol–water partition coefficient (Wildman–Crippen LogP) is 3.10. The van der Waals surface area contributed by atoms with E-state index in [9.17, 15) is 36.2 Å². The molecule has 1 aromatic carbocycles. The summed E-state index contributed by atoms with van der Waals surface area (Å²) in [6.45, 7) is 1.39. The van der Waals surface area contributed by atoms with Crippen molar-refractivity contribution < 1.29 is 36.2 Å². The first-order chi connectivity index (χ1) is 10.4. The van der Waals surface area contributed by atoms with Gasteiger partial charge in [-0.2, -0.15) is 26.3 Å². The quantitative estimate of drug-likeness (QED) is 0.688. The summed E-state index contributed by atoms with van der Waals surface area (Å²) in [4.78, 5) is 11.3. The Morgan fingerprint density at radius 2 is 1.78 bits per heavy atom. The summed E-state index contributed by atoms with van der Waals surface area (Å²) in [6.07, 6.45) is -11.0. The van der Waals surface area contributed by atoms with E-state index >= 15 is 0 Å². The van der Waals surface area contributed by atoms with Crippen LogP contribution in [0.4, 0.5) is 37.7 Å². The van der Waals surface area contributed by atoms with Crippen LogP contribution in [0.1, 0.15) is 5.56 Å². The van der Waals surface area contributed by atoms with Gasteiger partial charge in [-0.15, -0.1) is 0 Å². The maximum Gasteiger partial charge on any atom is 0.454 e. The summed E-state index contributed by atoms with van der Waals surface area (Å²) >= 11 is 0. The van der Waals surface area contributed by atoms with E-state index < -0.39 is 29.4 Å². The molecule has 0 spiro atoms. The molecule has 1 heterocycles. The standard InChI is InChI=1S/C13H10F6N2O2/c1-6-3-2-4-8-9(6)21-11(23,13(17,18)19)7(5-20-8)10(22)12(14,15)16/h2-5,20-21,23H,1H3. The molecule has 0 amide bonds. The van der Waals surface area contributed by atoms with Gasteiger partial charge in [0, 0.05) is 6.20 Å². The van der Waals surface area contributed by atoms with Crippen molar-refractivity contribution >= 4 is 17.2 Å². The number of ketones is 1. The molecule has 10 heteroatoms. The minimum absolute atomic E-state index is 0.0161. The van der Waals surface area contributed by atoms with Crippen molar-refractivity contribution in [2.24, 2.45) is 0 Å². The number of anilines is 2. The lowest BCUT2D eigenvalue weighted by atomic mass is 9.98. The highest BCUT2D eigenvalue weighted by Crippen LogP contribution is 2.43. The number of para-hydroxylation sites is 1. The maximum absolute atomic E-state index is 13.2. The fourth-order valence-corrected chi connectivity index (χ4v) is 2.06. The molecule has 0 radical (unpaired) electrons. The predicted molar refractivity (Wildman–Crippen MR) is 68.6 cm³/mol. The molecule has 4 nitrogen and oxygen atoms in total. The Morgan fingerprint density at radius 3 is 2.30 bits per heavy atom. The highest BCUT2D eigenvalue weighted by Gasteiger charge is 2.62. The van der Waals surface area contributed by atoms with E-state index in [0.29, 0.717) is 0 Å². The summed E-state index contributed by atoms with van der Waals surface area (Å²) in [7, 11) is 0. The van der Waals surface area contributed by atoms with E-state index in [1.54, 1.807) is 5.32 Å². The van der Waals surface area contributed by atoms with Crippen molar-refractivity contribution in [3.8, 4) is 0 Å². The molecule has 2 rings (SSSR count). The van der Waals surface area contributed by atoms with Gasteiger partial charge in [-0.1, -0.05) is 12.1 Å². The SMILES string of the molecule is Cc1cccc2c1NC(O)(C(F)(F)F)C(C(=O)C(F)(F)F)=CN2. The molecular weight excluding hydrogens is 330 g/mol. The van der Waals surface area contributed by atoms with E-state index in [1.807, 2.05) is 0 Å². The first kappa shape index (κ1) is 17.1. The van der Waals surface area contributed by atoms with Crippen molar-refractivity contribution in [2.75, 3.05) is 10.6 Å². The molecule has 0 fully saturated rings. The number of benzene rings is 1. The minimum Gasteiger partial charge on any atom is -0.360 e. The largest absolute Gasteiger partial charge is 0.454 e. The van der Waals surface area contributed by atoms with Gasteiger partial charge in [0.05, 0.1) is 16.9 Å². The first-order valence-corrected chi connectivity index (χ1v) is 6.13. The Labute approximate surface area is 125 Å². The molecule has 1 atom stereocenters. The zero-order valence-corrected chi connectivity index (χ0v) is 11.4. The fourth-order valence-electron chi connectivity index (χ4n) is 2.06. The smallest absolute Gasteiger partial charge is 0.360 e. The van der Waals surface area contributed by atoms with Gasteiger partial charge in [0.1, 0.15) is 0 Å². The van der Waals surface area contributed by atoms with Crippen LogP contribution in [0.2, 0.25) is 0 Å². The first-order valence-electron chi connectivity index (χ1n) is 6.13. The lowest BCUT2D eigenvalue weighted by Gasteiger charge is -2.33. The van der Waals surface area contributed by atoms with Crippen LogP contribution in [0.25, 0.3) is 0 Å². The Bertz CT molecular complexity index is 680. The summed E-state index contributed by atoms with van der Waals surface area (Å²) in [6, 6.07) is 4.12. The van der Waals surface area contributed by atoms with E-state index in [0.717, 1.165) is 0 Å². The third-order valence-electron chi connectivity index (χ3n) is 3.25. The average Bonchev–Trinajstić information content (AvgIpc) is 2.54. The molecule has 1 aromatic rings. The molecule has 0 saturated heterocycles. The highest BCUT2D eigenvalue weighted by molar-refractivity contribution is 6.03. The Hall–Kier alpha value is -2.23. The van der Waals surface area contributed by atoms with Gasteiger partial charge in [0.15, 0.2) is 0 Å². The molecule has 126 valence electrons. The van der Waals surface area contributed by atoms with Gasteiger partial charge >= 0.3 is 12.4 Å². The molecule has 0 bridgehead atoms. The molecule has 1 aliphatic heterocycles. The van der Waals surface area contributed by atoms with E-state index in [-0.39, 0.29) is 23.1 Å². The summed E-state index contributed by atoms with van der Waals surface area (Å²) in [5.74, 6) is -2.80. The average molecular weight is 340 g/mol. The van der Waals surface area contributed by atoms with Crippen LogP contribution < -0.4 is 10.6 Å². The van der Waals surface area contributed by atoms with E-state index in [1.165, 1.54) is 25.1 Å². The molecule has 1 unspecified atom stereocenters. The molecule has 0 aromatic heterocycles. The van der Waals surface area contributed by atoms with E-state index in [2.05, 4.69) is 5.32 Å². The van der Waals surface area contributed by atoms with Gasteiger partial charge in [0.25, 0.3) is 11.5 Å². The van der Waals surface area contributed by atoms with Crippen molar-refractivity contribution in [3.63, 3.8) is 0 Å². The Balaban J connectivity index is 2.66. The number of hydrogen-bond donors (Lipinski definition) is 3. The molecular formula is C13H10F6N2O2. The molecule has 0 aliphatic carbocycles. The molecule has 0 saturated carbocycles. The fraction of sp³-hybridized carbons (Fsp3) is 0.308. The molecule has 23 heavy (non-hydrogen) atoms. The lowest BCUT2D eigenvalue weighted by Crippen LogP contribution is -2.56. The number of hydrogen-bond acceptors (Lipinski definition) is 4. The van der Waals surface area contributed by atoms with Crippen LogP contribution in [-0.2, 0) is 4.79 Å². The number of aliphatic hydroxyl groups is 1. The summed E-state index contributed by atoms with van der Waals surface area (Å²) in [5.41, 5.74) is -6.14. The normalized spacial score (nSPS) is 21.5. The van der Waals surface area contributed by atoms with Crippen LogP contribution in [0.5, 0.6) is 0 Å². The van der Waals surface area contributed by atoms with Crippen LogP contribution in [-0.4, -0.2) is 29.0 Å². The topological polar surface area (TPSA) is 61.4 Å². The van der Waals surface area contributed by atoms with Crippen molar-refractivity contribution in [1.82, 2.24) is 0 Å². The number of carbonyl (C=O) groups is 1. The highest BCUT2D eigenvalue weighted by atomic mass is 19.4. The van der Waals surface area contributed by atoms with Gasteiger partial charge in [-0.3, -0.25) is 4.79 Å². The maximum atomic E-state index is 13.2. The van der Waals surface area contributed by atoms with Crippen LogP contribution in [0.3, 0.4) is 0 Å². The lowest BCUT2D eigenvalue weighted by molar-refractivity contribution is -0.235. The number of nitrogens with one attached hydrogen (secondary N) is 2. The van der Waals surface area contributed by atoms with Crippen LogP contribution >= 0.6 is 0 Å². The number of Topliss-reactive ketones (excluding diaryl/α,β-unsaturated/α-hetero) is 1. The minimum atomic E-state index is -5.58. The number of aryl methyl sites for hydroxylation is 1. The van der Waals surface area contributed by atoms with E-state index in [4.69, 9.17) is 0 Å². The second-order valence-corrected chi connectivity index (χ2v) is 4.86. The van der Waals surface area contributed by atoms with Crippen molar-refractivity contribution in [3.05, 3.63) is 35.5 Å². The number of rotatable bonds is 1. The van der Waals surface area contributed by atoms with Gasteiger partial charge in [0.2, 0.25) is 0 Å². The molecule has 3 N–H and O–H groups in total. The second-order valence-electron chi connectivity index (χ2n) is 4.86. The Kier molecular flexibility index (Phi) is 3.84. The van der Waals surface area contributed by atoms with Crippen molar-refractivity contribution in [2.45, 2.75) is 25.0 Å². The number of halogens is 6. The van der Waals surface area contributed by atoms with Gasteiger partial charge < -0.3 is 15.7 Å². The zero-order chi connectivity index (χ0) is 17.6. The van der Waals surface area contributed by atoms with Crippen LogP contribution in [0, 0.1) is 6.92 Å². The monoisotopic (exact) mass is 340 g/mol. The third-order valence-corrected chi connectivity index (χ3v) is 3.25. The van der Waals surface area contributed by atoms with Crippen molar-refractivity contribution in [1.29, 1.82) is 0 Å². The number of fused-ring (bicyclic) bond motifs is 1. The zero-order valence-electron chi connectivity index (χ0n) is 11.4. The van der Waals surface area contributed by atoms with Gasteiger partial charge in [-0.05, 0) is 18.6 Å². The number of alkyl halides is 6. The summed E-state index contributed by atoms with van der Waals surface area (Å²) in [5, 5.41) is 13.7.